The fourth-order valence-electron chi connectivity index (χ4n) is 4.76. The molecule has 1 aliphatic heterocycles. The molecule has 1 heterocycles. The van der Waals surface area contributed by atoms with E-state index in [9.17, 15) is 0 Å². The molecule has 0 bridgehead atoms. The molecule has 0 saturated heterocycles. The predicted molar refractivity (Wildman–Crippen MR) is 136 cm³/mol. The van der Waals surface area contributed by atoms with Crippen LogP contribution < -0.4 is 9.64 Å². The lowest BCUT2D eigenvalue weighted by Crippen LogP contribution is -2.19. The van der Waals surface area contributed by atoms with Gasteiger partial charge in [-0.1, -0.05) is 62.7 Å². The Morgan fingerprint density at radius 3 is 1.94 bits per heavy atom. The first kappa shape index (κ1) is 20.6. The van der Waals surface area contributed by atoms with Gasteiger partial charge in [-0.2, -0.15) is 0 Å². The third-order valence-corrected chi connectivity index (χ3v) is 6.47. The summed E-state index contributed by atoms with van der Waals surface area (Å²) in [5, 5.41) is 2.43. The molecule has 5 rings (SSSR count). The Hall–Kier alpha value is -3.26. The maximum Gasteiger partial charge on any atom is 0.152 e. The molecular weight excluding hydrogens is 390 g/mol. The fraction of sp³-hybridized carbons (Fsp3) is 0.267. The van der Waals surface area contributed by atoms with E-state index in [1.165, 1.54) is 44.3 Å². The first-order valence-corrected chi connectivity index (χ1v) is 11.4. The van der Waals surface area contributed by atoms with Crippen LogP contribution in [0.5, 0.6) is 11.5 Å². The Morgan fingerprint density at radius 1 is 0.625 bits per heavy atom. The zero-order valence-corrected chi connectivity index (χ0v) is 20.1. The second-order valence-electron chi connectivity index (χ2n) is 10.3. The van der Waals surface area contributed by atoms with Gasteiger partial charge in [-0.25, -0.2) is 0 Å². The Morgan fingerprint density at radius 2 is 1.25 bits per heavy atom. The van der Waals surface area contributed by atoms with Gasteiger partial charge < -0.3 is 9.64 Å². The minimum atomic E-state index is 0.110. The highest BCUT2D eigenvalue weighted by molar-refractivity contribution is 5.96. The Labute approximate surface area is 191 Å². The number of hydrogen-bond acceptors (Lipinski definition) is 2. The third-order valence-electron chi connectivity index (χ3n) is 6.47. The van der Waals surface area contributed by atoms with E-state index < -0.39 is 0 Å². The van der Waals surface area contributed by atoms with Crippen LogP contribution in [0.4, 0.5) is 17.1 Å². The maximum atomic E-state index is 6.44. The van der Waals surface area contributed by atoms with Crippen molar-refractivity contribution in [1.82, 2.24) is 0 Å². The highest BCUT2D eigenvalue weighted by Crippen LogP contribution is 2.53. The van der Waals surface area contributed by atoms with Crippen LogP contribution in [0.25, 0.3) is 10.8 Å². The van der Waals surface area contributed by atoms with Crippen molar-refractivity contribution in [2.45, 2.75) is 53.9 Å². The van der Waals surface area contributed by atoms with Crippen molar-refractivity contribution >= 4 is 27.8 Å². The molecule has 0 saturated carbocycles. The SMILES string of the molecule is Cc1ccc2c(c1)N(c1c(C)cc(C(C)(C)C)cc1C)c1cc3cc(C)ccc3cc1O2. The van der Waals surface area contributed by atoms with E-state index in [4.69, 9.17) is 4.74 Å². The van der Waals surface area contributed by atoms with Crippen molar-refractivity contribution in [3.05, 3.63) is 88.5 Å². The normalized spacial score (nSPS) is 13.0. The van der Waals surface area contributed by atoms with E-state index in [0.717, 1.165) is 22.9 Å². The maximum absolute atomic E-state index is 6.44. The number of ether oxygens (including phenoxy) is 1. The van der Waals surface area contributed by atoms with Gasteiger partial charge in [0.25, 0.3) is 0 Å². The Balaban J connectivity index is 1.81. The van der Waals surface area contributed by atoms with Crippen molar-refractivity contribution in [2.24, 2.45) is 0 Å². The minimum Gasteiger partial charge on any atom is -0.453 e. The number of hydrogen-bond donors (Lipinski definition) is 0. The number of benzene rings is 4. The second kappa shape index (κ2) is 7.13. The van der Waals surface area contributed by atoms with Gasteiger partial charge in [0.05, 0.1) is 17.1 Å². The smallest absolute Gasteiger partial charge is 0.152 e. The number of fused-ring (bicyclic) bond motifs is 3. The van der Waals surface area contributed by atoms with E-state index in [0.29, 0.717) is 0 Å². The quantitative estimate of drug-likeness (QED) is 0.268. The summed E-state index contributed by atoms with van der Waals surface area (Å²) in [5.74, 6) is 1.80. The van der Waals surface area contributed by atoms with E-state index in [1.807, 2.05) is 0 Å². The molecule has 4 aromatic rings. The van der Waals surface area contributed by atoms with Crippen LogP contribution in [0.2, 0.25) is 0 Å². The van der Waals surface area contributed by atoms with Crippen LogP contribution in [0.3, 0.4) is 0 Å². The van der Waals surface area contributed by atoms with Crippen LogP contribution in [0, 0.1) is 27.7 Å². The highest BCUT2D eigenvalue weighted by atomic mass is 16.5. The van der Waals surface area contributed by atoms with Gasteiger partial charge in [0.1, 0.15) is 0 Å². The zero-order chi connectivity index (χ0) is 22.8. The monoisotopic (exact) mass is 421 g/mol. The van der Waals surface area contributed by atoms with Gasteiger partial charge in [-0.3, -0.25) is 0 Å². The van der Waals surface area contributed by atoms with Crippen molar-refractivity contribution in [3.63, 3.8) is 0 Å². The van der Waals surface area contributed by atoms with E-state index in [1.54, 1.807) is 0 Å². The standard InChI is InChI=1S/C30H31NO/c1-18-8-10-22-17-28-26(16-23(22)12-18)31(25-13-19(2)9-11-27(25)32-28)29-20(3)14-24(15-21(29)4)30(5,6)7/h8-17H,1-7H3. The average Bonchev–Trinajstić information content (AvgIpc) is 2.71. The molecule has 1 aliphatic rings. The Kier molecular flexibility index (Phi) is 4.60. The lowest BCUT2D eigenvalue weighted by molar-refractivity contribution is 0.477. The number of rotatable bonds is 1. The van der Waals surface area contributed by atoms with Crippen molar-refractivity contribution < 1.29 is 4.74 Å². The van der Waals surface area contributed by atoms with Crippen LogP contribution in [-0.4, -0.2) is 0 Å². The van der Waals surface area contributed by atoms with Gasteiger partial charge in [0.15, 0.2) is 11.5 Å². The summed E-state index contributed by atoms with van der Waals surface area (Å²) < 4.78 is 6.44. The third kappa shape index (κ3) is 3.35. The van der Waals surface area contributed by atoms with E-state index in [-0.39, 0.29) is 5.41 Å². The summed E-state index contributed by atoms with van der Waals surface area (Å²) in [6.07, 6.45) is 0. The first-order chi connectivity index (χ1) is 15.1. The molecule has 4 aromatic carbocycles. The molecule has 2 heteroatoms. The molecule has 0 unspecified atom stereocenters. The molecule has 162 valence electrons. The lowest BCUT2D eigenvalue weighted by atomic mass is 9.84. The van der Waals surface area contributed by atoms with Gasteiger partial charge in [0.2, 0.25) is 0 Å². The summed E-state index contributed by atoms with van der Waals surface area (Å²) in [5.41, 5.74) is 9.94. The summed E-state index contributed by atoms with van der Waals surface area (Å²) in [6.45, 7) is 15.6. The fourth-order valence-corrected chi connectivity index (χ4v) is 4.76. The molecule has 0 N–H and O–H groups in total. The summed E-state index contributed by atoms with van der Waals surface area (Å²) in [6, 6.07) is 22.2. The van der Waals surface area contributed by atoms with E-state index >= 15 is 0 Å². The molecular formula is C30H31NO. The summed E-state index contributed by atoms with van der Waals surface area (Å²) >= 11 is 0. The van der Waals surface area contributed by atoms with Crippen molar-refractivity contribution in [2.75, 3.05) is 4.90 Å². The molecule has 0 amide bonds. The van der Waals surface area contributed by atoms with Crippen LogP contribution in [-0.2, 0) is 5.41 Å². The molecule has 32 heavy (non-hydrogen) atoms. The molecule has 0 atom stereocenters. The van der Waals surface area contributed by atoms with Gasteiger partial charge in [-0.05, 0) is 90.4 Å². The Bertz CT molecular complexity index is 1350. The number of nitrogens with zero attached hydrogens (tertiary/aromatic N) is 1. The van der Waals surface area contributed by atoms with Gasteiger partial charge >= 0.3 is 0 Å². The second-order valence-corrected chi connectivity index (χ2v) is 10.3. The zero-order valence-electron chi connectivity index (χ0n) is 20.1. The van der Waals surface area contributed by atoms with Gasteiger partial charge in [-0.15, -0.1) is 0 Å². The molecule has 0 spiro atoms. The summed E-state index contributed by atoms with van der Waals surface area (Å²) in [7, 11) is 0. The van der Waals surface area contributed by atoms with Crippen molar-refractivity contribution in [1.29, 1.82) is 0 Å². The van der Waals surface area contributed by atoms with Crippen molar-refractivity contribution in [3.8, 4) is 11.5 Å². The van der Waals surface area contributed by atoms with Crippen LogP contribution in [0.1, 0.15) is 48.6 Å². The summed E-state index contributed by atoms with van der Waals surface area (Å²) in [4.78, 5) is 2.40. The first-order valence-electron chi connectivity index (χ1n) is 11.4. The van der Waals surface area contributed by atoms with Crippen LogP contribution in [0.15, 0.2) is 60.7 Å². The molecule has 0 aromatic heterocycles. The average molecular weight is 422 g/mol. The largest absolute Gasteiger partial charge is 0.453 e. The topological polar surface area (TPSA) is 12.5 Å². The lowest BCUT2D eigenvalue weighted by Gasteiger charge is -2.36. The van der Waals surface area contributed by atoms with E-state index in [2.05, 4.69) is 114 Å². The predicted octanol–water partition coefficient (Wildman–Crippen LogP) is 8.95. The van der Waals surface area contributed by atoms with Crippen LogP contribution >= 0.6 is 0 Å². The highest BCUT2D eigenvalue weighted by Gasteiger charge is 2.29. The molecule has 0 fully saturated rings. The number of aryl methyl sites for hydroxylation is 4. The molecule has 2 nitrogen and oxygen atoms in total. The minimum absolute atomic E-state index is 0.110. The molecule has 0 radical (unpaired) electrons. The number of anilines is 3. The molecule has 0 aliphatic carbocycles. The van der Waals surface area contributed by atoms with Gasteiger partial charge in [0, 0.05) is 0 Å².